The fraction of sp³-hybridized carbons (Fsp3) is 0.917. The van der Waals surface area contributed by atoms with E-state index < -0.39 is 15.2 Å². The zero-order chi connectivity index (χ0) is 14.8. The highest BCUT2D eigenvalue weighted by Gasteiger charge is 2.40. The summed E-state index contributed by atoms with van der Waals surface area (Å²) in [5.74, 6) is 1.23. The molecular weight excluding hydrogens is 300 g/mol. The summed E-state index contributed by atoms with van der Waals surface area (Å²) in [6.07, 6.45) is 0.641. The summed E-state index contributed by atoms with van der Waals surface area (Å²) in [7, 11) is -1.61. The van der Waals surface area contributed by atoms with Crippen molar-refractivity contribution in [1.29, 1.82) is 0 Å². The molecule has 0 aliphatic carbocycles. The maximum Gasteiger partial charge on any atom is 0.240 e. The highest BCUT2D eigenvalue weighted by molar-refractivity contribution is 8.01. The summed E-state index contributed by atoms with van der Waals surface area (Å²) in [6, 6.07) is -0.322. The Kier molecular flexibility index (Phi) is 5.33. The van der Waals surface area contributed by atoms with E-state index in [0.717, 1.165) is 5.75 Å². The number of thioether (sulfide) groups is 1. The number of methoxy groups -OCH3 is 1. The van der Waals surface area contributed by atoms with Crippen LogP contribution in [0, 0.1) is 0 Å². The van der Waals surface area contributed by atoms with Crippen molar-refractivity contribution in [3.05, 3.63) is 0 Å². The van der Waals surface area contributed by atoms with Crippen molar-refractivity contribution in [2.45, 2.75) is 30.9 Å². The van der Waals surface area contributed by atoms with E-state index in [1.165, 1.54) is 0 Å². The lowest BCUT2D eigenvalue weighted by atomic mass is 10.2. The number of nitrogens with one attached hydrogen (secondary N) is 1. The number of ether oxygens (including phenoxy) is 1. The molecule has 0 spiro atoms. The van der Waals surface area contributed by atoms with E-state index in [9.17, 15) is 13.2 Å². The van der Waals surface area contributed by atoms with Crippen LogP contribution in [0.1, 0.15) is 13.3 Å². The molecule has 8 heteroatoms. The highest BCUT2D eigenvalue weighted by Crippen LogP contribution is 2.24. The molecule has 1 amide bonds. The normalized spacial score (nSPS) is 31.5. The van der Waals surface area contributed by atoms with Gasteiger partial charge in [-0.2, -0.15) is 11.8 Å². The van der Waals surface area contributed by atoms with Crippen LogP contribution in [0.15, 0.2) is 0 Å². The lowest BCUT2D eigenvalue weighted by Gasteiger charge is -2.36. The largest absolute Gasteiger partial charge is 0.380 e. The van der Waals surface area contributed by atoms with Gasteiger partial charge in [0, 0.05) is 37.5 Å². The van der Waals surface area contributed by atoms with E-state index >= 15 is 0 Å². The third-order valence-electron chi connectivity index (χ3n) is 3.91. The Labute approximate surface area is 124 Å². The molecule has 2 aliphatic rings. The minimum atomic E-state index is -3.24. The minimum absolute atomic E-state index is 0.0318. The molecule has 3 atom stereocenters. The van der Waals surface area contributed by atoms with Gasteiger partial charge in [-0.25, -0.2) is 8.42 Å². The third-order valence-corrected chi connectivity index (χ3v) is 7.20. The van der Waals surface area contributed by atoms with Crippen molar-refractivity contribution in [2.75, 3.05) is 37.5 Å². The van der Waals surface area contributed by atoms with E-state index in [4.69, 9.17) is 4.74 Å². The van der Waals surface area contributed by atoms with Crippen LogP contribution >= 0.6 is 11.8 Å². The summed E-state index contributed by atoms with van der Waals surface area (Å²) in [5.41, 5.74) is 0. The number of carbonyl (C=O) groups is 1. The maximum atomic E-state index is 12.6. The molecule has 0 radical (unpaired) electrons. The summed E-state index contributed by atoms with van der Waals surface area (Å²) >= 11 is 1.60. The number of carbonyl (C=O) groups excluding carboxylic acids is 1. The number of sulfone groups is 1. The third kappa shape index (κ3) is 3.29. The van der Waals surface area contributed by atoms with Gasteiger partial charge >= 0.3 is 0 Å². The number of nitrogens with zero attached hydrogens (tertiary/aromatic N) is 1. The van der Waals surface area contributed by atoms with Crippen molar-refractivity contribution < 1.29 is 17.9 Å². The highest BCUT2D eigenvalue weighted by atomic mass is 32.2. The predicted molar refractivity (Wildman–Crippen MR) is 79.5 cm³/mol. The van der Waals surface area contributed by atoms with Gasteiger partial charge in [0.2, 0.25) is 5.91 Å². The summed E-state index contributed by atoms with van der Waals surface area (Å²) < 4.78 is 29.5. The van der Waals surface area contributed by atoms with Crippen LogP contribution < -0.4 is 5.32 Å². The second-order valence-corrected chi connectivity index (χ2v) is 8.66. The Morgan fingerprint density at radius 2 is 2.25 bits per heavy atom. The van der Waals surface area contributed by atoms with E-state index in [1.807, 2.05) is 0 Å². The van der Waals surface area contributed by atoms with Crippen LogP contribution in [0.5, 0.6) is 0 Å². The van der Waals surface area contributed by atoms with Gasteiger partial charge < -0.3 is 15.0 Å². The molecule has 0 aromatic rings. The van der Waals surface area contributed by atoms with Gasteiger partial charge in [-0.3, -0.25) is 4.79 Å². The first-order valence-corrected chi connectivity index (χ1v) is 9.72. The van der Waals surface area contributed by atoms with E-state index in [0.29, 0.717) is 25.3 Å². The van der Waals surface area contributed by atoms with Gasteiger partial charge in [-0.15, -0.1) is 0 Å². The Morgan fingerprint density at radius 3 is 2.85 bits per heavy atom. The van der Waals surface area contributed by atoms with E-state index in [1.54, 1.807) is 30.7 Å². The molecule has 1 N–H and O–H groups in total. The van der Waals surface area contributed by atoms with Crippen LogP contribution in [0.25, 0.3) is 0 Å². The minimum Gasteiger partial charge on any atom is -0.380 e. The molecule has 3 unspecified atom stereocenters. The van der Waals surface area contributed by atoms with E-state index in [-0.39, 0.29) is 23.8 Å². The lowest BCUT2D eigenvalue weighted by molar-refractivity contribution is -0.133. The summed E-state index contributed by atoms with van der Waals surface area (Å²) in [6.45, 7) is 2.77. The van der Waals surface area contributed by atoms with Gasteiger partial charge in [0.25, 0.3) is 0 Å². The first-order valence-electron chi connectivity index (χ1n) is 6.85. The van der Waals surface area contributed by atoms with Gasteiger partial charge in [0.15, 0.2) is 9.84 Å². The van der Waals surface area contributed by atoms with Crippen LogP contribution in [0.2, 0.25) is 0 Å². The average molecular weight is 322 g/mol. The SMILES string of the molecule is CCS(=O)(=O)C1CSCCN1C(=O)C1CC(OC)CN1. The molecule has 6 nitrogen and oxygen atoms in total. The predicted octanol–water partition coefficient (Wildman–Crippen LogP) is -0.300. The fourth-order valence-electron chi connectivity index (χ4n) is 2.59. The number of hydrogen-bond acceptors (Lipinski definition) is 6. The lowest BCUT2D eigenvalue weighted by Crippen LogP contribution is -2.55. The van der Waals surface area contributed by atoms with Crippen LogP contribution in [-0.2, 0) is 19.4 Å². The Morgan fingerprint density at radius 1 is 1.50 bits per heavy atom. The van der Waals surface area contributed by atoms with Crippen molar-refractivity contribution in [3.63, 3.8) is 0 Å². The van der Waals surface area contributed by atoms with Gasteiger partial charge in [0.05, 0.1) is 12.1 Å². The first-order chi connectivity index (χ1) is 9.49. The molecule has 0 aromatic carbocycles. The van der Waals surface area contributed by atoms with Crippen molar-refractivity contribution in [2.24, 2.45) is 0 Å². The summed E-state index contributed by atoms with van der Waals surface area (Å²) in [4.78, 5) is 14.1. The second kappa shape index (κ2) is 6.64. The van der Waals surface area contributed by atoms with Crippen molar-refractivity contribution >= 4 is 27.5 Å². The molecule has 2 fully saturated rings. The Balaban J connectivity index is 2.10. The molecule has 2 aliphatic heterocycles. The van der Waals surface area contributed by atoms with E-state index in [2.05, 4.69) is 5.32 Å². The standard InChI is InChI=1S/C12H22N2O4S2/c1-3-20(16,17)11-8-19-5-4-14(11)12(15)10-6-9(18-2)7-13-10/h9-11,13H,3-8H2,1-2H3. The first kappa shape index (κ1) is 16.1. The Bertz CT molecular complexity index is 454. The zero-order valence-corrected chi connectivity index (χ0v) is 13.5. The smallest absolute Gasteiger partial charge is 0.240 e. The van der Waals surface area contributed by atoms with Gasteiger partial charge in [-0.1, -0.05) is 6.92 Å². The molecule has 2 rings (SSSR count). The van der Waals surface area contributed by atoms with Gasteiger partial charge in [-0.05, 0) is 6.42 Å². The molecule has 2 heterocycles. The van der Waals surface area contributed by atoms with Crippen LogP contribution in [0.4, 0.5) is 0 Å². The Hall–Kier alpha value is -0.310. The van der Waals surface area contributed by atoms with Crippen LogP contribution in [0.3, 0.4) is 0 Å². The molecule has 2 saturated heterocycles. The zero-order valence-electron chi connectivity index (χ0n) is 11.9. The fourth-order valence-corrected chi connectivity index (χ4v) is 5.57. The monoisotopic (exact) mass is 322 g/mol. The molecule has 20 heavy (non-hydrogen) atoms. The molecular formula is C12H22N2O4S2. The van der Waals surface area contributed by atoms with Gasteiger partial charge in [0.1, 0.15) is 5.37 Å². The molecule has 0 bridgehead atoms. The molecule has 0 saturated carbocycles. The molecule has 116 valence electrons. The average Bonchev–Trinajstić information content (AvgIpc) is 2.95. The number of hydrogen-bond donors (Lipinski definition) is 1. The quantitative estimate of drug-likeness (QED) is 0.766. The second-order valence-electron chi connectivity index (χ2n) is 5.07. The topological polar surface area (TPSA) is 75.7 Å². The van der Waals surface area contributed by atoms with Crippen molar-refractivity contribution in [1.82, 2.24) is 10.2 Å². The number of amides is 1. The number of rotatable bonds is 4. The molecule has 0 aromatic heterocycles. The van der Waals surface area contributed by atoms with Crippen LogP contribution in [-0.4, -0.2) is 74.2 Å². The van der Waals surface area contributed by atoms with Crippen molar-refractivity contribution in [3.8, 4) is 0 Å². The summed E-state index contributed by atoms with van der Waals surface area (Å²) in [5, 5.41) is 2.45. The maximum absolute atomic E-state index is 12.6.